The highest BCUT2D eigenvalue weighted by Gasteiger charge is 2.21. The third-order valence-electron chi connectivity index (χ3n) is 5.19. The molecule has 0 saturated heterocycles. The Morgan fingerprint density at radius 3 is 2.46 bits per heavy atom. The first-order valence-electron chi connectivity index (χ1n) is 10.8. The van der Waals surface area contributed by atoms with Crippen LogP contribution in [0.2, 0.25) is 0 Å². The molecule has 9 heteroatoms. The van der Waals surface area contributed by atoms with E-state index < -0.39 is 5.97 Å². The fourth-order valence-electron chi connectivity index (χ4n) is 3.39. The maximum atomic E-state index is 13.1. The molecule has 0 spiro atoms. The maximum absolute atomic E-state index is 13.1. The van der Waals surface area contributed by atoms with Gasteiger partial charge in [-0.05, 0) is 30.5 Å². The Kier molecular flexibility index (Phi) is 7.47. The number of amides is 1. The van der Waals surface area contributed by atoms with E-state index in [9.17, 15) is 9.59 Å². The second-order valence-corrected chi connectivity index (χ2v) is 8.55. The number of rotatable bonds is 9. The Labute approximate surface area is 206 Å². The van der Waals surface area contributed by atoms with Gasteiger partial charge in [-0.15, -0.1) is 11.3 Å². The zero-order valence-corrected chi connectivity index (χ0v) is 20.3. The van der Waals surface area contributed by atoms with E-state index in [1.54, 1.807) is 6.92 Å². The van der Waals surface area contributed by atoms with Crippen molar-refractivity contribution in [2.24, 2.45) is 0 Å². The van der Waals surface area contributed by atoms with Gasteiger partial charge in [0.1, 0.15) is 18.1 Å². The summed E-state index contributed by atoms with van der Waals surface area (Å²) in [6.07, 6.45) is 0.181. The first-order chi connectivity index (χ1) is 17.0. The quantitative estimate of drug-likeness (QED) is 0.318. The van der Waals surface area contributed by atoms with Crippen molar-refractivity contribution in [3.63, 3.8) is 0 Å². The molecule has 4 aromatic rings. The molecule has 0 radical (unpaired) electrons. The van der Waals surface area contributed by atoms with Gasteiger partial charge < -0.3 is 23.9 Å². The molecular weight excluding hydrogens is 468 g/mol. The summed E-state index contributed by atoms with van der Waals surface area (Å²) >= 11 is 1.48. The van der Waals surface area contributed by atoms with E-state index in [4.69, 9.17) is 18.6 Å². The fourth-order valence-corrected chi connectivity index (χ4v) is 4.10. The summed E-state index contributed by atoms with van der Waals surface area (Å²) in [7, 11) is 2.94. The van der Waals surface area contributed by atoms with Gasteiger partial charge in [0, 0.05) is 22.6 Å². The van der Waals surface area contributed by atoms with E-state index in [1.165, 1.54) is 37.7 Å². The average Bonchev–Trinajstić information content (AvgIpc) is 3.52. The molecule has 1 amide bonds. The van der Waals surface area contributed by atoms with Crippen LogP contribution in [-0.4, -0.2) is 31.1 Å². The van der Waals surface area contributed by atoms with Crippen molar-refractivity contribution in [1.82, 2.24) is 4.98 Å². The molecule has 2 aromatic heterocycles. The monoisotopic (exact) mass is 492 g/mol. The Hall–Kier alpha value is -4.11. The third kappa shape index (κ3) is 5.70. The lowest BCUT2D eigenvalue weighted by Gasteiger charge is -2.15. The van der Waals surface area contributed by atoms with Gasteiger partial charge in [0.25, 0.3) is 0 Å². The van der Waals surface area contributed by atoms with Gasteiger partial charge >= 0.3 is 5.97 Å². The zero-order chi connectivity index (χ0) is 24.8. The number of carbonyl (C=O) groups excluding carboxylic acids is 2. The van der Waals surface area contributed by atoms with Gasteiger partial charge in [0.05, 0.1) is 31.9 Å². The molecule has 0 bridgehead atoms. The summed E-state index contributed by atoms with van der Waals surface area (Å²) in [6.45, 7) is 1.66. The van der Waals surface area contributed by atoms with Crippen LogP contribution in [0.5, 0.6) is 11.5 Å². The van der Waals surface area contributed by atoms with Crippen LogP contribution in [0.25, 0.3) is 11.5 Å². The van der Waals surface area contributed by atoms with Gasteiger partial charge in [0.2, 0.25) is 11.8 Å². The molecule has 0 aliphatic carbocycles. The number of thiophene rings is 1. The summed E-state index contributed by atoms with van der Waals surface area (Å²) in [5, 5.41) is 4.69. The number of anilines is 1. The highest BCUT2D eigenvalue weighted by molar-refractivity contribution is 7.10. The molecule has 0 fully saturated rings. The van der Waals surface area contributed by atoms with E-state index in [0.29, 0.717) is 28.8 Å². The maximum Gasteiger partial charge on any atom is 0.340 e. The number of ether oxygens (including phenoxy) is 3. The number of aromatic nitrogens is 1. The predicted molar refractivity (Wildman–Crippen MR) is 132 cm³/mol. The van der Waals surface area contributed by atoms with Crippen molar-refractivity contribution in [3.05, 3.63) is 81.9 Å². The molecule has 0 saturated carbocycles. The summed E-state index contributed by atoms with van der Waals surface area (Å²) < 4.78 is 22.0. The van der Waals surface area contributed by atoms with Crippen LogP contribution in [0.4, 0.5) is 5.69 Å². The Bertz CT molecular complexity index is 1320. The van der Waals surface area contributed by atoms with E-state index in [-0.39, 0.29) is 30.2 Å². The van der Waals surface area contributed by atoms with Crippen molar-refractivity contribution >= 4 is 28.9 Å². The lowest BCUT2D eigenvalue weighted by molar-refractivity contribution is -0.115. The Balaban J connectivity index is 1.54. The highest BCUT2D eigenvalue weighted by atomic mass is 32.1. The molecule has 0 aliphatic heterocycles. The second-order valence-electron chi connectivity index (χ2n) is 7.52. The lowest BCUT2D eigenvalue weighted by atomic mass is 10.1. The van der Waals surface area contributed by atoms with Crippen LogP contribution >= 0.6 is 11.3 Å². The van der Waals surface area contributed by atoms with Crippen molar-refractivity contribution in [1.29, 1.82) is 0 Å². The summed E-state index contributed by atoms with van der Waals surface area (Å²) in [4.78, 5) is 31.1. The number of nitrogens with zero attached hydrogens (tertiary/aromatic N) is 1. The minimum Gasteiger partial charge on any atom is -0.493 e. The molecule has 0 aliphatic rings. The smallest absolute Gasteiger partial charge is 0.340 e. The highest BCUT2D eigenvalue weighted by Crippen LogP contribution is 2.34. The molecule has 0 atom stereocenters. The van der Waals surface area contributed by atoms with Crippen LogP contribution < -0.4 is 14.8 Å². The topological polar surface area (TPSA) is 99.9 Å². The van der Waals surface area contributed by atoms with Crippen LogP contribution in [0.15, 0.2) is 64.4 Å². The minimum absolute atomic E-state index is 0.0993. The lowest BCUT2D eigenvalue weighted by Crippen LogP contribution is -2.17. The normalized spacial score (nSPS) is 10.6. The molecule has 180 valence electrons. The van der Waals surface area contributed by atoms with Gasteiger partial charge in [-0.3, -0.25) is 4.79 Å². The van der Waals surface area contributed by atoms with Gasteiger partial charge in [-0.25, -0.2) is 9.78 Å². The number of esters is 1. The fraction of sp³-hybridized carbons (Fsp3) is 0.192. The van der Waals surface area contributed by atoms with Crippen molar-refractivity contribution < 1.29 is 28.2 Å². The van der Waals surface area contributed by atoms with E-state index in [1.807, 2.05) is 47.8 Å². The SMILES string of the molecule is COc1cc(NC(=O)Cc2cccs2)c(C(=O)OCc2nc(-c3ccccc3)oc2C)cc1OC. The Morgan fingerprint density at radius 2 is 1.77 bits per heavy atom. The average molecular weight is 493 g/mol. The molecule has 4 rings (SSSR count). The molecular formula is C26H24N2O6S. The molecule has 8 nitrogen and oxygen atoms in total. The second kappa shape index (κ2) is 10.9. The molecule has 2 aromatic carbocycles. The van der Waals surface area contributed by atoms with E-state index in [2.05, 4.69) is 10.3 Å². The number of hydrogen-bond acceptors (Lipinski definition) is 8. The predicted octanol–water partition coefficient (Wildman–Crippen LogP) is 5.27. The van der Waals surface area contributed by atoms with Crippen molar-refractivity contribution in [3.8, 4) is 23.0 Å². The van der Waals surface area contributed by atoms with Crippen LogP contribution in [0, 0.1) is 6.92 Å². The van der Waals surface area contributed by atoms with Crippen LogP contribution in [0.1, 0.15) is 26.7 Å². The summed E-state index contributed by atoms with van der Waals surface area (Å²) in [5.41, 5.74) is 1.72. The van der Waals surface area contributed by atoms with Crippen LogP contribution in [-0.2, 0) is 22.6 Å². The molecule has 35 heavy (non-hydrogen) atoms. The molecule has 1 N–H and O–H groups in total. The minimum atomic E-state index is -0.652. The molecule has 2 heterocycles. The number of benzene rings is 2. The largest absolute Gasteiger partial charge is 0.493 e. The summed E-state index contributed by atoms with van der Waals surface area (Å²) in [6, 6.07) is 16.2. The standard InChI is InChI=1S/C26H24N2O6S/c1-16-21(28-25(34-16)17-8-5-4-6-9-17)15-33-26(30)19-13-22(31-2)23(32-3)14-20(19)27-24(29)12-18-10-7-11-35-18/h4-11,13-14H,12,15H2,1-3H3,(H,27,29). The number of methoxy groups -OCH3 is 2. The van der Waals surface area contributed by atoms with Gasteiger partial charge in [-0.2, -0.15) is 0 Å². The number of hydrogen-bond donors (Lipinski definition) is 1. The first kappa shape index (κ1) is 24.0. The van der Waals surface area contributed by atoms with Crippen molar-refractivity contribution in [2.45, 2.75) is 20.0 Å². The van der Waals surface area contributed by atoms with Crippen molar-refractivity contribution in [2.75, 3.05) is 19.5 Å². The van der Waals surface area contributed by atoms with E-state index in [0.717, 1.165) is 10.4 Å². The number of aryl methyl sites for hydroxylation is 1. The number of carbonyl (C=O) groups is 2. The first-order valence-corrected chi connectivity index (χ1v) is 11.6. The third-order valence-corrected chi connectivity index (χ3v) is 6.06. The van der Waals surface area contributed by atoms with Gasteiger partial charge in [-0.1, -0.05) is 24.3 Å². The van der Waals surface area contributed by atoms with Gasteiger partial charge in [0.15, 0.2) is 11.5 Å². The molecule has 0 unspecified atom stereocenters. The van der Waals surface area contributed by atoms with E-state index >= 15 is 0 Å². The zero-order valence-electron chi connectivity index (χ0n) is 19.5. The number of oxazole rings is 1. The van der Waals surface area contributed by atoms with Crippen LogP contribution in [0.3, 0.4) is 0 Å². The summed E-state index contributed by atoms with van der Waals surface area (Å²) in [5.74, 6) is 0.778. The Morgan fingerprint density at radius 1 is 1.03 bits per heavy atom. The number of nitrogens with one attached hydrogen (secondary N) is 1.